The first-order valence-corrected chi connectivity index (χ1v) is 10.2. The van der Waals surface area contributed by atoms with Crippen molar-refractivity contribution in [1.82, 2.24) is 24.8 Å². The number of rotatable bonds is 8. The summed E-state index contributed by atoms with van der Waals surface area (Å²) in [6.45, 7) is 2.24. The molecule has 4 heterocycles. The first-order chi connectivity index (χ1) is 14.3. The standard InChI is InChI=1S/C22H25N5OS/c1-28-15-7-14-27-21(20(25-22(27)29)18-9-3-5-12-24-18)19-10-6-13-26(19)16-17-8-2-4-11-23-17/h2-6,8-13,20-21H,7,14-16H2,1H3,(H,25,29). The summed E-state index contributed by atoms with van der Waals surface area (Å²) in [5, 5.41) is 4.26. The molecule has 6 nitrogen and oxygen atoms in total. The van der Waals surface area contributed by atoms with Gasteiger partial charge in [0.2, 0.25) is 0 Å². The van der Waals surface area contributed by atoms with E-state index in [0.29, 0.717) is 13.2 Å². The van der Waals surface area contributed by atoms with Gasteiger partial charge < -0.3 is 19.5 Å². The molecule has 1 N–H and O–H groups in total. The Morgan fingerprint density at radius 1 is 1.07 bits per heavy atom. The van der Waals surface area contributed by atoms with E-state index in [-0.39, 0.29) is 12.1 Å². The van der Waals surface area contributed by atoms with Crippen LogP contribution in [-0.2, 0) is 11.3 Å². The summed E-state index contributed by atoms with van der Waals surface area (Å²) in [6.07, 6.45) is 6.68. The van der Waals surface area contributed by atoms with Gasteiger partial charge in [0.05, 0.1) is 30.0 Å². The van der Waals surface area contributed by atoms with E-state index < -0.39 is 0 Å². The van der Waals surface area contributed by atoms with Gasteiger partial charge in [0.25, 0.3) is 0 Å². The quantitative estimate of drug-likeness (QED) is 0.457. The van der Waals surface area contributed by atoms with Crippen LogP contribution in [0.25, 0.3) is 0 Å². The highest BCUT2D eigenvalue weighted by Gasteiger charge is 2.40. The van der Waals surface area contributed by atoms with Crippen molar-refractivity contribution >= 4 is 17.3 Å². The molecule has 150 valence electrons. The third kappa shape index (κ3) is 4.31. The van der Waals surface area contributed by atoms with Gasteiger partial charge in [0.15, 0.2) is 5.11 Å². The van der Waals surface area contributed by atoms with Crippen LogP contribution in [0.15, 0.2) is 67.1 Å². The molecule has 0 spiro atoms. The van der Waals surface area contributed by atoms with Crippen LogP contribution in [0.3, 0.4) is 0 Å². The molecular formula is C22H25N5OS. The maximum absolute atomic E-state index is 5.72. The fourth-order valence-corrected chi connectivity index (χ4v) is 4.18. The molecule has 3 aromatic heterocycles. The minimum atomic E-state index is -0.0105. The molecule has 3 aromatic rings. The summed E-state index contributed by atoms with van der Waals surface area (Å²) in [7, 11) is 1.73. The molecule has 0 radical (unpaired) electrons. The lowest BCUT2D eigenvalue weighted by Gasteiger charge is -2.29. The van der Waals surface area contributed by atoms with E-state index in [4.69, 9.17) is 17.0 Å². The van der Waals surface area contributed by atoms with Crippen molar-refractivity contribution in [1.29, 1.82) is 0 Å². The molecule has 0 amide bonds. The monoisotopic (exact) mass is 407 g/mol. The van der Waals surface area contributed by atoms with E-state index in [0.717, 1.165) is 29.5 Å². The maximum atomic E-state index is 5.72. The van der Waals surface area contributed by atoms with Crippen LogP contribution in [0.4, 0.5) is 0 Å². The Labute approximate surface area is 176 Å². The molecule has 0 aromatic carbocycles. The molecular weight excluding hydrogens is 382 g/mol. The van der Waals surface area contributed by atoms with Crippen molar-refractivity contribution in [2.45, 2.75) is 25.0 Å². The molecule has 1 fully saturated rings. The van der Waals surface area contributed by atoms with E-state index in [1.165, 1.54) is 5.69 Å². The second-order valence-electron chi connectivity index (χ2n) is 7.05. The van der Waals surface area contributed by atoms with E-state index in [9.17, 15) is 0 Å². The third-order valence-electron chi connectivity index (χ3n) is 5.17. The molecule has 4 rings (SSSR count). The lowest BCUT2D eigenvalue weighted by Crippen LogP contribution is -2.32. The molecule has 0 aliphatic carbocycles. The van der Waals surface area contributed by atoms with E-state index in [1.807, 2.05) is 42.7 Å². The van der Waals surface area contributed by atoms with Crippen molar-refractivity contribution in [2.24, 2.45) is 0 Å². The number of pyridine rings is 2. The highest BCUT2D eigenvalue weighted by atomic mass is 32.1. The number of ether oxygens (including phenoxy) is 1. The Kier molecular flexibility index (Phi) is 6.17. The SMILES string of the molecule is COCCCN1C(=S)NC(c2ccccn2)C1c1cccn1Cc1ccccn1. The number of hydrogen-bond acceptors (Lipinski definition) is 4. The molecule has 0 bridgehead atoms. The number of nitrogens with zero attached hydrogens (tertiary/aromatic N) is 4. The fourth-order valence-electron chi connectivity index (χ4n) is 3.85. The summed E-state index contributed by atoms with van der Waals surface area (Å²) in [5.41, 5.74) is 3.20. The number of hydrogen-bond donors (Lipinski definition) is 1. The Morgan fingerprint density at radius 2 is 1.90 bits per heavy atom. The van der Waals surface area contributed by atoms with Crippen molar-refractivity contribution in [3.63, 3.8) is 0 Å². The van der Waals surface area contributed by atoms with Gasteiger partial charge in [-0.1, -0.05) is 12.1 Å². The minimum Gasteiger partial charge on any atom is -0.385 e. The predicted molar refractivity (Wildman–Crippen MR) is 116 cm³/mol. The van der Waals surface area contributed by atoms with Gasteiger partial charge in [0.1, 0.15) is 0 Å². The second kappa shape index (κ2) is 9.15. The average Bonchev–Trinajstić information content (AvgIpc) is 3.33. The van der Waals surface area contributed by atoms with E-state index in [2.05, 4.69) is 49.1 Å². The van der Waals surface area contributed by atoms with Crippen LogP contribution in [0.1, 0.15) is 35.6 Å². The van der Waals surface area contributed by atoms with Gasteiger partial charge in [-0.15, -0.1) is 0 Å². The Hall–Kier alpha value is -2.77. The number of aromatic nitrogens is 3. The third-order valence-corrected chi connectivity index (χ3v) is 5.52. The van der Waals surface area contributed by atoms with Gasteiger partial charge in [-0.05, 0) is 55.0 Å². The zero-order valence-corrected chi connectivity index (χ0v) is 17.3. The summed E-state index contributed by atoms with van der Waals surface area (Å²) in [4.78, 5) is 11.4. The molecule has 7 heteroatoms. The smallest absolute Gasteiger partial charge is 0.170 e. The normalized spacial score (nSPS) is 18.8. The van der Waals surface area contributed by atoms with Gasteiger partial charge >= 0.3 is 0 Å². The lowest BCUT2D eigenvalue weighted by atomic mass is 10.0. The van der Waals surface area contributed by atoms with Crippen LogP contribution in [0.2, 0.25) is 0 Å². The Balaban J connectivity index is 1.68. The zero-order valence-electron chi connectivity index (χ0n) is 16.4. The number of nitrogens with one attached hydrogen (secondary N) is 1. The first-order valence-electron chi connectivity index (χ1n) is 9.80. The second-order valence-corrected chi connectivity index (χ2v) is 7.44. The molecule has 1 aliphatic heterocycles. The summed E-state index contributed by atoms with van der Waals surface area (Å²) < 4.78 is 7.51. The maximum Gasteiger partial charge on any atom is 0.170 e. The topological polar surface area (TPSA) is 55.2 Å². The summed E-state index contributed by atoms with van der Waals surface area (Å²) in [5.74, 6) is 0. The number of methoxy groups -OCH3 is 1. The van der Waals surface area contributed by atoms with Gasteiger partial charge in [-0.25, -0.2) is 0 Å². The highest BCUT2D eigenvalue weighted by molar-refractivity contribution is 7.80. The van der Waals surface area contributed by atoms with Crippen LogP contribution in [0.5, 0.6) is 0 Å². The van der Waals surface area contributed by atoms with Gasteiger partial charge in [0, 0.05) is 44.5 Å². The largest absolute Gasteiger partial charge is 0.385 e. The van der Waals surface area contributed by atoms with Crippen molar-refractivity contribution in [3.05, 3.63) is 84.2 Å². The van der Waals surface area contributed by atoms with E-state index >= 15 is 0 Å². The van der Waals surface area contributed by atoms with Crippen molar-refractivity contribution < 1.29 is 4.74 Å². The molecule has 29 heavy (non-hydrogen) atoms. The van der Waals surface area contributed by atoms with Gasteiger partial charge in [-0.3, -0.25) is 9.97 Å². The highest BCUT2D eigenvalue weighted by Crippen LogP contribution is 2.38. The van der Waals surface area contributed by atoms with Crippen LogP contribution >= 0.6 is 12.2 Å². The molecule has 2 unspecified atom stereocenters. The average molecular weight is 408 g/mol. The predicted octanol–water partition coefficient (Wildman–Crippen LogP) is 3.34. The van der Waals surface area contributed by atoms with Crippen molar-refractivity contribution in [3.8, 4) is 0 Å². The Bertz CT molecular complexity index is 931. The lowest BCUT2D eigenvalue weighted by molar-refractivity contribution is 0.179. The van der Waals surface area contributed by atoms with Gasteiger partial charge in [-0.2, -0.15) is 0 Å². The summed E-state index contributed by atoms with van der Waals surface area (Å²) in [6, 6.07) is 16.3. The first kappa shape index (κ1) is 19.5. The van der Waals surface area contributed by atoms with Crippen LogP contribution in [-0.4, -0.2) is 44.8 Å². The van der Waals surface area contributed by atoms with Crippen LogP contribution < -0.4 is 5.32 Å². The van der Waals surface area contributed by atoms with Crippen LogP contribution in [0, 0.1) is 0 Å². The molecule has 1 aliphatic rings. The minimum absolute atomic E-state index is 0.0105. The molecule has 0 saturated carbocycles. The van der Waals surface area contributed by atoms with Crippen molar-refractivity contribution in [2.75, 3.05) is 20.3 Å². The number of thiocarbonyl (C=S) groups is 1. The Morgan fingerprint density at radius 3 is 2.62 bits per heavy atom. The fraction of sp³-hybridized carbons (Fsp3) is 0.318. The summed E-state index contributed by atoms with van der Waals surface area (Å²) >= 11 is 5.72. The molecule has 1 saturated heterocycles. The van der Waals surface area contributed by atoms with E-state index in [1.54, 1.807) is 7.11 Å². The zero-order chi connectivity index (χ0) is 20.1. The molecule has 2 atom stereocenters.